The normalized spacial score (nSPS) is 13.6. The van der Waals surface area contributed by atoms with Gasteiger partial charge in [-0.25, -0.2) is 9.97 Å². The van der Waals surface area contributed by atoms with E-state index < -0.39 is 0 Å². The number of anilines is 1. The molecule has 1 aromatic carbocycles. The van der Waals surface area contributed by atoms with Crippen molar-refractivity contribution >= 4 is 44.9 Å². The second-order valence-corrected chi connectivity index (χ2v) is 8.72. The third-order valence-corrected chi connectivity index (χ3v) is 6.73. The van der Waals surface area contributed by atoms with Crippen molar-refractivity contribution in [3.05, 3.63) is 46.1 Å². The number of aromatic nitrogens is 2. The van der Waals surface area contributed by atoms with Crippen LogP contribution in [-0.4, -0.2) is 21.6 Å². The molecule has 1 amide bonds. The van der Waals surface area contributed by atoms with Gasteiger partial charge in [0.2, 0.25) is 5.91 Å². The third kappa shape index (κ3) is 3.62. The summed E-state index contributed by atoms with van der Waals surface area (Å²) in [5.41, 5.74) is 3.43. The predicted molar refractivity (Wildman–Crippen MR) is 109 cm³/mol. The molecular formula is C20H21N3OS2. The van der Waals surface area contributed by atoms with Crippen molar-refractivity contribution in [2.45, 2.75) is 44.6 Å². The van der Waals surface area contributed by atoms with Crippen molar-refractivity contribution in [3.63, 3.8) is 0 Å². The maximum atomic E-state index is 12.3. The fourth-order valence-electron chi connectivity index (χ4n) is 3.30. The quantitative estimate of drug-likeness (QED) is 0.513. The van der Waals surface area contributed by atoms with Crippen LogP contribution in [0.3, 0.4) is 0 Å². The number of thioether (sulfide) groups is 1. The Hall–Kier alpha value is -1.92. The molecule has 0 bridgehead atoms. The summed E-state index contributed by atoms with van der Waals surface area (Å²) in [6, 6.07) is 7.86. The van der Waals surface area contributed by atoms with Crippen LogP contribution < -0.4 is 5.32 Å². The number of nitrogens with one attached hydrogen (secondary N) is 1. The van der Waals surface area contributed by atoms with E-state index in [1.807, 2.05) is 38.1 Å². The zero-order valence-electron chi connectivity index (χ0n) is 15.0. The molecule has 2 heterocycles. The van der Waals surface area contributed by atoms with Crippen molar-refractivity contribution in [2.24, 2.45) is 0 Å². The Morgan fingerprint density at radius 2 is 1.92 bits per heavy atom. The first-order chi connectivity index (χ1) is 12.6. The molecule has 6 heteroatoms. The Labute approximate surface area is 161 Å². The van der Waals surface area contributed by atoms with Crippen LogP contribution in [0.4, 0.5) is 5.69 Å². The molecule has 26 heavy (non-hydrogen) atoms. The highest BCUT2D eigenvalue weighted by molar-refractivity contribution is 8.00. The Kier molecular flexibility index (Phi) is 4.96. The van der Waals surface area contributed by atoms with Crippen molar-refractivity contribution < 1.29 is 4.79 Å². The molecule has 2 aromatic heterocycles. The highest BCUT2D eigenvalue weighted by Gasteiger charge is 2.21. The van der Waals surface area contributed by atoms with E-state index in [4.69, 9.17) is 0 Å². The van der Waals surface area contributed by atoms with Gasteiger partial charge >= 0.3 is 0 Å². The van der Waals surface area contributed by atoms with E-state index in [0.717, 1.165) is 34.2 Å². The van der Waals surface area contributed by atoms with Gasteiger partial charge in [0.15, 0.2) is 0 Å². The number of fused-ring (bicyclic) bond motifs is 3. The number of carbonyl (C=O) groups excluding carboxylic acids is 1. The first kappa shape index (κ1) is 17.5. The van der Waals surface area contributed by atoms with E-state index >= 15 is 0 Å². The van der Waals surface area contributed by atoms with Gasteiger partial charge in [-0.1, -0.05) is 29.5 Å². The molecule has 0 saturated carbocycles. The lowest BCUT2D eigenvalue weighted by Gasteiger charge is -2.12. The Morgan fingerprint density at radius 1 is 1.15 bits per heavy atom. The monoisotopic (exact) mass is 383 g/mol. The topological polar surface area (TPSA) is 54.9 Å². The minimum Gasteiger partial charge on any atom is -0.325 e. The number of carbonyl (C=O) groups is 1. The summed E-state index contributed by atoms with van der Waals surface area (Å²) in [5, 5.41) is 5.09. The van der Waals surface area contributed by atoms with E-state index in [2.05, 4.69) is 15.3 Å². The van der Waals surface area contributed by atoms with Gasteiger partial charge in [-0.05, 0) is 57.2 Å². The van der Waals surface area contributed by atoms with Crippen molar-refractivity contribution in [1.82, 2.24) is 9.97 Å². The predicted octanol–water partition coefficient (Wildman–Crippen LogP) is 4.92. The van der Waals surface area contributed by atoms with E-state index in [-0.39, 0.29) is 5.91 Å². The van der Waals surface area contributed by atoms with Crippen LogP contribution in [-0.2, 0) is 17.6 Å². The molecule has 0 spiro atoms. The maximum absolute atomic E-state index is 12.3. The van der Waals surface area contributed by atoms with Crippen LogP contribution in [0.15, 0.2) is 29.3 Å². The van der Waals surface area contributed by atoms with Crippen molar-refractivity contribution in [2.75, 3.05) is 11.1 Å². The third-order valence-electron chi connectivity index (χ3n) is 4.57. The van der Waals surface area contributed by atoms with Crippen LogP contribution in [0.5, 0.6) is 0 Å². The van der Waals surface area contributed by atoms with Gasteiger partial charge < -0.3 is 5.32 Å². The van der Waals surface area contributed by atoms with E-state index in [9.17, 15) is 4.79 Å². The number of nitrogens with zero attached hydrogens (tertiary/aromatic N) is 2. The van der Waals surface area contributed by atoms with E-state index in [1.54, 1.807) is 11.3 Å². The largest absolute Gasteiger partial charge is 0.325 e. The molecule has 0 fully saturated rings. The van der Waals surface area contributed by atoms with E-state index in [0.29, 0.717) is 5.75 Å². The number of aryl methyl sites for hydroxylation is 4. The Morgan fingerprint density at radius 3 is 2.73 bits per heavy atom. The maximum Gasteiger partial charge on any atom is 0.234 e. The lowest BCUT2D eigenvalue weighted by molar-refractivity contribution is -0.113. The van der Waals surface area contributed by atoms with Crippen LogP contribution in [0, 0.1) is 13.8 Å². The van der Waals surface area contributed by atoms with Crippen LogP contribution >= 0.6 is 23.1 Å². The summed E-state index contributed by atoms with van der Waals surface area (Å²) in [4.78, 5) is 24.2. The highest BCUT2D eigenvalue weighted by Crippen LogP contribution is 2.39. The first-order valence-corrected chi connectivity index (χ1v) is 10.7. The van der Waals surface area contributed by atoms with Gasteiger partial charge in [0.25, 0.3) is 0 Å². The van der Waals surface area contributed by atoms with Gasteiger partial charge in [-0.3, -0.25) is 4.79 Å². The van der Waals surface area contributed by atoms with Crippen LogP contribution in [0.2, 0.25) is 0 Å². The van der Waals surface area contributed by atoms with E-state index in [1.165, 1.54) is 46.0 Å². The SMILES string of the molecule is Cc1ccc(NC(=O)CSc2nc(C)nc3sc4c(c23)CCCC4)cc1. The summed E-state index contributed by atoms with van der Waals surface area (Å²) in [5.74, 6) is 1.12. The van der Waals surface area contributed by atoms with Crippen LogP contribution in [0.25, 0.3) is 10.2 Å². The fraction of sp³-hybridized carbons (Fsp3) is 0.350. The molecule has 4 nitrogen and oxygen atoms in total. The lowest BCUT2D eigenvalue weighted by atomic mass is 9.97. The van der Waals surface area contributed by atoms with Gasteiger partial charge in [0.1, 0.15) is 15.7 Å². The summed E-state index contributed by atoms with van der Waals surface area (Å²) in [7, 11) is 0. The number of benzene rings is 1. The standard InChI is InChI=1S/C20H21N3OS2/c1-12-7-9-14(10-8-12)23-17(24)11-25-19-18-15-5-3-4-6-16(15)26-20(18)22-13(2)21-19/h7-10H,3-6,11H2,1-2H3,(H,23,24). The van der Waals surface area contributed by atoms with Gasteiger partial charge in [0.05, 0.1) is 5.75 Å². The molecule has 134 valence electrons. The second-order valence-electron chi connectivity index (χ2n) is 6.67. The number of hydrogen-bond donors (Lipinski definition) is 1. The molecule has 1 N–H and O–H groups in total. The van der Waals surface area contributed by atoms with Crippen molar-refractivity contribution in [3.8, 4) is 0 Å². The molecule has 0 atom stereocenters. The van der Waals surface area contributed by atoms with Crippen molar-refractivity contribution in [1.29, 1.82) is 0 Å². The molecule has 0 saturated heterocycles. The lowest BCUT2D eigenvalue weighted by Crippen LogP contribution is -2.14. The number of thiophene rings is 1. The minimum atomic E-state index is -0.00707. The smallest absolute Gasteiger partial charge is 0.234 e. The molecule has 1 aliphatic carbocycles. The van der Waals surface area contributed by atoms with Crippen LogP contribution in [0.1, 0.15) is 34.7 Å². The molecule has 1 aliphatic rings. The molecule has 4 rings (SSSR count). The molecule has 0 aliphatic heterocycles. The zero-order chi connectivity index (χ0) is 18.1. The summed E-state index contributed by atoms with van der Waals surface area (Å²) >= 11 is 3.32. The number of amides is 1. The van der Waals surface area contributed by atoms with Gasteiger partial charge in [0, 0.05) is 16.0 Å². The summed E-state index contributed by atoms with van der Waals surface area (Å²) in [6.07, 6.45) is 4.73. The number of hydrogen-bond acceptors (Lipinski definition) is 5. The number of rotatable bonds is 4. The summed E-state index contributed by atoms with van der Waals surface area (Å²) in [6.45, 7) is 3.96. The zero-order valence-corrected chi connectivity index (χ0v) is 16.6. The first-order valence-electron chi connectivity index (χ1n) is 8.88. The van der Waals surface area contributed by atoms with Gasteiger partial charge in [-0.15, -0.1) is 11.3 Å². The Balaban J connectivity index is 1.54. The van der Waals surface area contributed by atoms with Gasteiger partial charge in [-0.2, -0.15) is 0 Å². The molecule has 0 radical (unpaired) electrons. The average Bonchev–Trinajstić information content (AvgIpc) is 2.99. The Bertz CT molecular complexity index is 963. The fourth-order valence-corrected chi connectivity index (χ4v) is 5.57. The highest BCUT2D eigenvalue weighted by atomic mass is 32.2. The second kappa shape index (κ2) is 7.37. The molecule has 3 aromatic rings. The summed E-state index contributed by atoms with van der Waals surface area (Å²) < 4.78 is 0. The molecular weight excluding hydrogens is 362 g/mol. The minimum absolute atomic E-state index is 0.00707. The molecule has 0 unspecified atom stereocenters. The average molecular weight is 384 g/mol.